The minimum atomic E-state index is -1.11. The van der Waals surface area contributed by atoms with Crippen LogP contribution in [0.3, 0.4) is 0 Å². The molecule has 0 bridgehead atoms. The van der Waals surface area contributed by atoms with Crippen molar-refractivity contribution >= 4 is 0 Å². The van der Waals surface area contributed by atoms with Gasteiger partial charge in [0.05, 0.1) is 12.2 Å². The molecule has 3 nitrogen and oxygen atoms in total. The Kier molecular flexibility index (Phi) is 4.20. The Labute approximate surface area is 88.6 Å². The molecule has 4 heteroatoms. The van der Waals surface area contributed by atoms with E-state index in [1.54, 1.807) is 19.1 Å². The minimum Gasteiger partial charge on any atom is -0.393 e. The number of nitrogens with one attached hydrogen (secondary N) is 1. The van der Waals surface area contributed by atoms with Crippen LogP contribution < -0.4 is 5.32 Å². The molecule has 0 aliphatic rings. The van der Waals surface area contributed by atoms with Gasteiger partial charge in [-0.05, 0) is 24.6 Å². The summed E-state index contributed by atoms with van der Waals surface area (Å²) in [6, 6.07) is 6.13. The first kappa shape index (κ1) is 12.1. The molecule has 0 amide bonds. The van der Waals surface area contributed by atoms with E-state index >= 15 is 0 Å². The summed E-state index contributed by atoms with van der Waals surface area (Å²) in [5.41, 5.74) is -0.176. The lowest BCUT2D eigenvalue weighted by molar-refractivity contribution is 0.00254. The van der Waals surface area contributed by atoms with Crippen LogP contribution in [0.5, 0.6) is 0 Å². The minimum absolute atomic E-state index is 0.263. The zero-order chi connectivity index (χ0) is 11.3. The molecule has 1 rings (SSSR count). The third kappa shape index (κ3) is 4.38. The van der Waals surface area contributed by atoms with E-state index in [0.717, 1.165) is 5.56 Å². The van der Waals surface area contributed by atoms with Gasteiger partial charge in [-0.2, -0.15) is 0 Å². The predicted molar refractivity (Wildman–Crippen MR) is 55.8 cm³/mol. The highest BCUT2D eigenvalue weighted by Crippen LogP contribution is 2.03. The maximum absolute atomic E-state index is 12.6. The van der Waals surface area contributed by atoms with Gasteiger partial charge in [0.15, 0.2) is 0 Å². The first-order chi connectivity index (χ1) is 7.03. The summed E-state index contributed by atoms with van der Waals surface area (Å²) in [4.78, 5) is 0. The average molecular weight is 213 g/mol. The summed E-state index contributed by atoms with van der Waals surface area (Å²) in [5.74, 6) is -0.263. The van der Waals surface area contributed by atoms with Crippen molar-refractivity contribution in [1.82, 2.24) is 5.32 Å². The lowest BCUT2D eigenvalue weighted by Crippen LogP contribution is -2.40. The summed E-state index contributed by atoms with van der Waals surface area (Å²) >= 11 is 0. The van der Waals surface area contributed by atoms with Gasteiger partial charge in [-0.3, -0.25) is 0 Å². The summed E-state index contributed by atoms with van der Waals surface area (Å²) in [6.07, 6.45) is 0. The highest BCUT2D eigenvalue weighted by molar-refractivity contribution is 5.15. The van der Waals surface area contributed by atoms with E-state index in [4.69, 9.17) is 5.11 Å². The van der Waals surface area contributed by atoms with Crippen LogP contribution in [0, 0.1) is 5.82 Å². The highest BCUT2D eigenvalue weighted by atomic mass is 19.1. The van der Waals surface area contributed by atoms with Gasteiger partial charge in [-0.1, -0.05) is 12.1 Å². The third-order valence-corrected chi connectivity index (χ3v) is 2.09. The summed E-state index contributed by atoms with van der Waals surface area (Å²) in [5, 5.41) is 21.2. The monoisotopic (exact) mass is 213 g/mol. The number of hydrogen-bond acceptors (Lipinski definition) is 3. The lowest BCUT2D eigenvalue weighted by atomic mass is 10.1. The Balaban J connectivity index is 2.35. The van der Waals surface area contributed by atoms with E-state index in [9.17, 15) is 9.50 Å². The van der Waals surface area contributed by atoms with Crippen LogP contribution in [0.4, 0.5) is 4.39 Å². The Morgan fingerprint density at radius 2 is 1.93 bits per heavy atom. The standard InChI is InChI=1S/C11H16FNO2/c1-11(15,8-14)7-13-6-9-2-4-10(12)5-3-9/h2-5,13-15H,6-8H2,1H3. The molecule has 0 saturated carbocycles. The molecule has 1 aromatic rings. The number of hydrogen-bond donors (Lipinski definition) is 3. The summed E-state index contributed by atoms with van der Waals surface area (Å²) in [7, 11) is 0. The molecule has 1 atom stereocenters. The fourth-order valence-electron chi connectivity index (χ4n) is 1.13. The van der Waals surface area contributed by atoms with Crippen LogP contribution in [0.25, 0.3) is 0 Å². The van der Waals surface area contributed by atoms with E-state index < -0.39 is 5.60 Å². The quantitative estimate of drug-likeness (QED) is 0.673. The van der Waals surface area contributed by atoms with Crippen LogP contribution >= 0.6 is 0 Å². The Morgan fingerprint density at radius 3 is 2.47 bits per heavy atom. The topological polar surface area (TPSA) is 52.5 Å². The molecule has 0 aliphatic heterocycles. The Morgan fingerprint density at radius 1 is 1.33 bits per heavy atom. The molecule has 0 radical (unpaired) electrons. The third-order valence-electron chi connectivity index (χ3n) is 2.09. The molecular weight excluding hydrogens is 197 g/mol. The number of aliphatic hydroxyl groups is 2. The maximum Gasteiger partial charge on any atom is 0.123 e. The van der Waals surface area contributed by atoms with Crippen molar-refractivity contribution in [2.45, 2.75) is 19.1 Å². The van der Waals surface area contributed by atoms with Crippen LogP contribution in [0.15, 0.2) is 24.3 Å². The average Bonchev–Trinajstić information content (AvgIpc) is 2.21. The smallest absolute Gasteiger partial charge is 0.123 e. The number of halogens is 1. The summed E-state index contributed by atoms with van der Waals surface area (Å²) in [6.45, 7) is 2.09. The van der Waals surface area contributed by atoms with Crippen LogP contribution in [0.2, 0.25) is 0 Å². The van der Waals surface area contributed by atoms with Gasteiger partial charge in [0.1, 0.15) is 5.82 Å². The van der Waals surface area contributed by atoms with Crippen LogP contribution in [-0.2, 0) is 6.54 Å². The second-order valence-electron chi connectivity index (χ2n) is 3.89. The molecule has 1 aromatic carbocycles. The maximum atomic E-state index is 12.6. The van der Waals surface area contributed by atoms with Gasteiger partial charge in [-0.15, -0.1) is 0 Å². The molecule has 3 N–H and O–H groups in total. The molecule has 0 heterocycles. The van der Waals surface area contributed by atoms with Crippen molar-refractivity contribution in [2.75, 3.05) is 13.2 Å². The van der Waals surface area contributed by atoms with Crippen molar-refractivity contribution < 1.29 is 14.6 Å². The number of benzene rings is 1. The van der Waals surface area contributed by atoms with E-state index in [1.807, 2.05) is 0 Å². The molecule has 0 aromatic heterocycles. The van der Waals surface area contributed by atoms with E-state index in [-0.39, 0.29) is 12.4 Å². The molecular formula is C11H16FNO2. The molecule has 15 heavy (non-hydrogen) atoms. The van der Waals surface area contributed by atoms with E-state index in [0.29, 0.717) is 13.1 Å². The van der Waals surface area contributed by atoms with Gasteiger partial charge in [-0.25, -0.2) is 4.39 Å². The first-order valence-corrected chi connectivity index (χ1v) is 4.82. The van der Waals surface area contributed by atoms with Gasteiger partial charge in [0.2, 0.25) is 0 Å². The fourth-order valence-corrected chi connectivity index (χ4v) is 1.13. The van der Waals surface area contributed by atoms with Crippen LogP contribution in [0.1, 0.15) is 12.5 Å². The highest BCUT2D eigenvalue weighted by Gasteiger charge is 2.17. The molecule has 1 unspecified atom stereocenters. The van der Waals surface area contributed by atoms with Crippen molar-refractivity contribution in [3.8, 4) is 0 Å². The zero-order valence-electron chi connectivity index (χ0n) is 8.70. The molecule has 0 spiro atoms. The Bertz CT molecular complexity index is 298. The van der Waals surface area contributed by atoms with Crippen LogP contribution in [-0.4, -0.2) is 29.0 Å². The van der Waals surface area contributed by atoms with E-state index in [2.05, 4.69) is 5.32 Å². The number of rotatable bonds is 5. The fraction of sp³-hybridized carbons (Fsp3) is 0.455. The summed E-state index contributed by atoms with van der Waals surface area (Å²) < 4.78 is 12.6. The van der Waals surface area contributed by atoms with E-state index in [1.165, 1.54) is 12.1 Å². The lowest BCUT2D eigenvalue weighted by Gasteiger charge is -2.20. The molecule has 0 fully saturated rings. The molecule has 0 saturated heterocycles. The van der Waals surface area contributed by atoms with Crippen molar-refractivity contribution in [3.05, 3.63) is 35.6 Å². The van der Waals surface area contributed by atoms with Crippen molar-refractivity contribution in [3.63, 3.8) is 0 Å². The second-order valence-corrected chi connectivity index (χ2v) is 3.89. The molecule has 0 aliphatic carbocycles. The SMILES string of the molecule is CC(O)(CO)CNCc1ccc(F)cc1. The Hall–Kier alpha value is -0.970. The van der Waals surface area contributed by atoms with Gasteiger partial charge < -0.3 is 15.5 Å². The van der Waals surface area contributed by atoms with Crippen molar-refractivity contribution in [1.29, 1.82) is 0 Å². The second kappa shape index (κ2) is 5.21. The van der Waals surface area contributed by atoms with Gasteiger partial charge in [0, 0.05) is 13.1 Å². The predicted octanol–water partition coefficient (Wildman–Crippen LogP) is 0.659. The normalized spacial score (nSPS) is 14.9. The largest absolute Gasteiger partial charge is 0.393 e. The zero-order valence-corrected chi connectivity index (χ0v) is 8.70. The first-order valence-electron chi connectivity index (χ1n) is 4.82. The van der Waals surface area contributed by atoms with Gasteiger partial charge >= 0.3 is 0 Å². The van der Waals surface area contributed by atoms with Crippen molar-refractivity contribution in [2.24, 2.45) is 0 Å². The molecule has 84 valence electrons. The number of aliphatic hydroxyl groups excluding tert-OH is 1. The van der Waals surface area contributed by atoms with Gasteiger partial charge in [0.25, 0.3) is 0 Å².